The van der Waals surface area contributed by atoms with Crippen LogP contribution in [-0.4, -0.2) is 16.5 Å². The summed E-state index contributed by atoms with van der Waals surface area (Å²) >= 11 is 9.23. The van der Waals surface area contributed by atoms with Crippen LogP contribution >= 0.6 is 27.5 Å². The number of nitrogens with one attached hydrogen (secondary N) is 2. The van der Waals surface area contributed by atoms with Crippen molar-refractivity contribution in [3.05, 3.63) is 39.7 Å². The second kappa shape index (κ2) is 6.85. The summed E-state index contributed by atoms with van der Waals surface area (Å²) in [5.41, 5.74) is 0.674. The molecule has 1 aromatic carbocycles. The van der Waals surface area contributed by atoms with Crippen LogP contribution < -0.4 is 10.6 Å². The van der Waals surface area contributed by atoms with E-state index in [1.165, 1.54) is 0 Å². The summed E-state index contributed by atoms with van der Waals surface area (Å²) < 4.78 is 14.5. The third kappa shape index (κ3) is 3.80. The molecule has 20 heavy (non-hydrogen) atoms. The SMILES string of the molecule is CCCNc1ncc(F)c(Nc2ccc(Cl)cc2Br)n1. The molecule has 0 amide bonds. The van der Waals surface area contributed by atoms with Crippen LogP contribution in [0.5, 0.6) is 0 Å². The lowest BCUT2D eigenvalue weighted by Gasteiger charge is -2.10. The molecule has 0 atom stereocenters. The normalized spacial score (nSPS) is 10.4. The molecule has 106 valence electrons. The number of rotatable bonds is 5. The maximum Gasteiger partial charge on any atom is 0.224 e. The molecule has 0 aliphatic carbocycles. The summed E-state index contributed by atoms with van der Waals surface area (Å²) in [6.07, 6.45) is 2.07. The minimum atomic E-state index is -0.520. The molecule has 2 aromatic rings. The number of hydrogen-bond donors (Lipinski definition) is 2. The maximum atomic E-state index is 13.7. The lowest BCUT2D eigenvalue weighted by atomic mass is 10.3. The molecular weight excluding hydrogens is 347 g/mol. The van der Waals surface area contributed by atoms with Crippen LogP contribution in [0.3, 0.4) is 0 Å². The van der Waals surface area contributed by atoms with Crippen molar-refractivity contribution < 1.29 is 4.39 Å². The predicted octanol–water partition coefficient (Wildman–Crippen LogP) is 4.60. The number of anilines is 3. The van der Waals surface area contributed by atoms with E-state index in [2.05, 4.69) is 36.5 Å². The van der Waals surface area contributed by atoms with Crippen molar-refractivity contribution in [3.8, 4) is 0 Å². The van der Waals surface area contributed by atoms with Gasteiger partial charge in [0.05, 0.1) is 11.9 Å². The minimum absolute atomic E-state index is 0.113. The largest absolute Gasteiger partial charge is 0.354 e. The van der Waals surface area contributed by atoms with Crippen LogP contribution in [0.4, 0.5) is 21.8 Å². The predicted molar refractivity (Wildman–Crippen MR) is 83.2 cm³/mol. The monoisotopic (exact) mass is 358 g/mol. The highest BCUT2D eigenvalue weighted by molar-refractivity contribution is 9.10. The third-order valence-corrected chi connectivity index (χ3v) is 3.35. The summed E-state index contributed by atoms with van der Waals surface area (Å²) in [6.45, 7) is 2.76. The highest BCUT2D eigenvalue weighted by Crippen LogP contribution is 2.29. The zero-order valence-corrected chi connectivity index (χ0v) is 13.1. The van der Waals surface area contributed by atoms with E-state index in [9.17, 15) is 4.39 Å². The molecule has 4 nitrogen and oxygen atoms in total. The number of halogens is 3. The van der Waals surface area contributed by atoms with Crippen molar-refractivity contribution in [1.29, 1.82) is 0 Å². The summed E-state index contributed by atoms with van der Waals surface area (Å²) in [4.78, 5) is 7.99. The minimum Gasteiger partial charge on any atom is -0.354 e. The van der Waals surface area contributed by atoms with Gasteiger partial charge in [-0.1, -0.05) is 18.5 Å². The second-order valence-corrected chi connectivity index (χ2v) is 5.36. The van der Waals surface area contributed by atoms with Gasteiger partial charge in [0, 0.05) is 16.0 Å². The molecular formula is C13H13BrClFN4. The Balaban J connectivity index is 2.23. The van der Waals surface area contributed by atoms with Crippen LogP contribution in [0.1, 0.15) is 13.3 Å². The fourth-order valence-electron chi connectivity index (χ4n) is 1.50. The van der Waals surface area contributed by atoms with E-state index >= 15 is 0 Å². The molecule has 0 unspecified atom stereocenters. The molecule has 1 aromatic heterocycles. The van der Waals surface area contributed by atoms with E-state index in [1.54, 1.807) is 18.2 Å². The van der Waals surface area contributed by atoms with Crippen molar-refractivity contribution in [1.82, 2.24) is 9.97 Å². The number of nitrogens with zero attached hydrogens (tertiary/aromatic N) is 2. The molecule has 0 bridgehead atoms. The highest BCUT2D eigenvalue weighted by atomic mass is 79.9. The number of hydrogen-bond acceptors (Lipinski definition) is 4. The Morgan fingerprint density at radius 3 is 2.90 bits per heavy atom. The Bertz CT molecular complexity index is 609. The number of benzene rings is 1. The van der Waals surface area contributed by atoms with Gasteiger partial charge in [-0.2, -0.15) is 4.98 Å². The van der Waals surface area contributed by atoms with Gasteiger partial charge in [0.25, 0.3) is 0 Å². The van der Waals surface area contributed by atoms with Gasteiger partial charge in [-0.05, 0) is 40.5 Å². The van der Waals surface area contributed by atoms with Crippen molar-refractivity contribution in [2.24, 2.45) is 0 Å². The van der Waals surface area contributed by atoms with Crippen LogP contribution in [0.15, 0.2) is 28.9 Å². The second-order valence-electron chi connectivity index (χ2n) is 4.07. The summed E-state index contributed by atoms with van der Waals surface area (Å²) in [7, 11) is 0. The van der Waals surface area contributed by atoms with Crippen LogP contribution in [-0.2, 0) is 0 Å². The van der Waals surface area contributed by atoms with Crippen molar-refractivity contribution >= 4 is 45.0 Å². The van der Waals surface area contributed by atoms with E-state index in [4.69, 9.17) is 11.6 Å². The summed E-state index contributed by atoms with van der Waals surface area (Å²) in [5.74, 6) is -0.0173. The Morgan fingerprint density at radius 2 is 2.20 bits per heavy atom. The van der Waals surface area contributed by atoms with Gasteiger partial charge in [-0.25, -0.2) is 9.37 Å². The van der Waals surface area contributed by atoms with Crippen LogP contribution in [0.25, 0.3) is 0 Å². The lowest BCUT2D eigenvalue weighted by Crippen LogP contribution is -2.07. The zero-order chi connectivity index (χ0) is 14.5. The average Bonchev–Trinajstić information content (AvgIpc) is 2.42. The van der Waals surface area contributed by atoms with E-state index in [0.717, 1.165) is 23.6 Å². The molecule has 1 heterocycles. The molecule has 0 saturated carbocycles. The smallest absolute Gasteiger partial charge is 0.224 e. The van der Waals surface area contributed by atoms with Gasteiger partial charge in [0.2, 0.25) is 5.95 Å². The van der Waals surface area contributed by atoms with E-state index < -0.39 is 5.82 Å². The quantitative estimate of drug-likeness (QED) is 0.819. The summed E-state index contributed by atoms with van der Waals surface area (Å²) in [6, 6.07) is 5.18. The third-order valence-electron chi connectivity index (χ3n) is 2.46. The Hall–Kier alpha value is -1.40. The molecule has 0 saturated heterocycles. The van der Waals surface area contributed by atoms with Gasteiger partial charge in [-0.3, -0.25) is 0 Å². The highest BCUT2D eigenvalue weighted by Gasteiger charge is 2.09. The molecule has 2 rings (SSSR count). The lowest BCUT2D eigenvalue weighted by molar-refractivity contribution is 0.619. The van der Waals surface area contributed by atoms with Gasteiger partial charge in [0.15, 0.2) is 11.6 Å². The first-order valence-corrected chi connectivity index (χ1v) is 7.25. The van der Waals surface area contributed by atoms with Crippen LogP contribution in [0.2, 0.25) is 5.02 Å². The van der Waals surface area contributed by atoms with Gasteiger partial charge in [0.1, 0.15) is 0 Å². The first-order valence-electron chi connectivity index (χ1n) is 6.08. The first kappa shape index (κ1) is 15.0. The molecule has 0 fully saturated rings. The maximum absolute atomic E-state index is 13.7. The molecule has 0 radical (unpaired) electrons. The van der Waals surface area contributed by atoms with Gasteiger partial charge < -0.3 is 10.6 Å². The fourth-order valence-corrected chi connectivity index (χ4v) is 2.28. The van der Waals surface area contributed by atoms with Crippen molar-refractivity contribution in [2.45, 2.75) is 13.3 Å². The average molecular weight is 360 g/mol. The molecule has 2 N–H and O–H groups in total. The standard InChI is InChI=1S/C13H13BrClFN4/c1-2-5-17-13-18-7-10(16)12(20-13)19-11-4-3-8(15)6-9(11)14/h3-4,6-7H,2,5H2,1H3,(H2,17,18,19,20). The van der Waals surface area contributed by atoms with E-state index in [0.29, 0.717) is 16.7 Å². The number of aromatic nitrogens is 2. The summed E-state index contributed by atoms with van der Waals surface area (Å²) in [5, 5.41) is 6.52. The zero-order valence-electron chi connectivity index (χ0n) is 10.8. The van der Waals surface area contributed by atoms with Crippen molar-refractivity contribution in [3.63, 3.8) is 0 Å². The first-order chi connectivity index (χ1) is 9.60. The molecule has 0 aliphatic heterocycles. The van der Waals surface area contributed by atoms with Crippen molar-refractivity contribution in [2.75, 3.05) is 17.2 Å². The van der Waals surface area contributed by atoms with Crippen LogP contribution in [0, 0.1) is 5.82 Å². The topological polar surface area (TPSA) is 49.8 Å². The molecule has 0 spiro atoms. The Kier molecular flexibility index (Phi) is 5.14. The van der Waals surface area contributed by atoms with Gasteiger partial charge in [-0.15, -0.1) is 0 Å². The van der Waals surface area contributed by atoms with E-state index in [1.807, 2.05) is 6.92 Å². The fraction of sp³-hybridized carbons (Fsp3) is 0.231. The Morgan fingerprint density at radius 1 is 1.40 bits per heavy atom. The molecule has 0 aliphatic rings. The molecule has 7 heteroatoms. The van der Waals surface area contributed by atoms with Gasteiger partial charge >= 0.3 is 0 Å². The Labute approximate surface area is 129 Å². The van der Waals surface area contributed by atoms with E-state index in [-0.39, 0.29) is 5.82 Å².